The summed E-state index contributed by atoms with van der Waals surface area (Å²) >= 11 is 0. The van der Waals surface area contributed by atoms with E-state index in [9.17, 15) is 5.11 Å². The first kappa shape index (κ1) is 12.3. The monoisotopic (exact) mass is 228 g/mol. The lowest BCUT2D eigenvalue weighted by atomic mass is 10.2. The Kier molecular flexibility index (Phi) is 4.19. The molecule has 4 heteroatoms. The molecule has 0 bridgehead atoms. The van der Waals surface area contributed by atoms with E-state index < -0.39 is 0 Å². The fourth-order valence-electron chi connectivity index (χ4n) is 2.39. The Morgan fingerprint density at radius 2 is 1.94 bits per heavy atom. The molecule has 0 aromatic rings. The Hall–Kier alpha value is -0.160. The Balaban J connectivity index is 1.66. The van der Waals surface area contributed by atoms with Crippen LogP contribution in [0.15, 0.2) is 0 Å². The summed E-state index contributed by atoms with van der Waals surface area (Å²) in [4.78, 5) is 2.30. The molecule has 16 heavy (non-hydrogen) atoms. The highest BCUT2D eigenvalue weighted by molar-refractivity contribution is 4.83. The number of ether oxygens (including phenoxy) is 1. The Morgan fingerprint density at radius 3 is 2.50 bits per heavy atom. The third-order valence-corrected chi connectivity index (χ3v) is 3.18. The predicted octanol–water partition coefficient (Wildman–Crippen LogP) is 0.209. The SMILES string of the molecule is C[C@@H]1CN(C[C@@H](O)CNC2CC2)C[C@@H](C)O1. The van der Waals surface area contributed by atoms with Crippen LogP contribution in [-0.4, -0.2) is 60.5 Å². The molecule has 1 saturated heterocycles. The minimum Gasteiger partial charge on any atom is -0.390 e. The van der Waals surface area contributed by atoms with Gasteiger partial charge in [0.05, 0.1) is 18.3 Å². The number of nitrogens with one attached hydrogen (secondary N) is 1. The summed E-state index contributed by atoms with van der Waals surface area (Å²) < 4.78 is 5.67. The fourth-order valence-corrected chi connectivity index (χ4v) is 2.39. The molecule has 1 saturated carbocycles. The minimum atomic E-state index is -0.252. The van der Waals surface area contributed by atoms with Crippen molar-refractivity contribution >= 4 is 0 Å². The second kappa shape index (κ2) is 5.45. The Labute approximate surface area is 98.0 Å². The summed E-state index contributed by atoms with van der Waals surface area (Å²) in [5.74, 6) is 0. The zero-order valence-corrected chi connectivity index (χ0v) is 10.4. The predicted molar refractivity (Wildman–Crippen MR) is 63.5 cm³/mol. The van der Waals surface area contributed by atoms with Crippen molar-refractivity contribution in [3.05, 3.63) is 0 Å². The van der Waals surface area contributed by atoms with Gasteiger partial charge in [-0.05, 0) is 26.7 Å². The normalized spacial score (nSPS) is 33.9. The van der Waals surface area contributed by atoms with Crippen LogP contribution >= 0.6 is 0 Å². The average Bonchev–Trinajstić information content (AvgIpc) is 2.96. The third kappa shape index (κ3) is 4.01. The molecule has 0 unspecified atom stereocenters. The van der Waals surface area contributed by atoms with Gasteiger partial charge in [0.15, 0.2) is 0 Å². The first-order valence-electron chi connectivity index (χ1n) is 6.42. The van der Waals surface area contributed by atoms with Crippen molar-refractivity contribution in [3.63, 3.8) is 0 Å². The summed E-state index contributed by atoms with van der Waals surface area (Å²) in [7, 11) is 0. The first-order valence-corrected chi connectivity index (χ1v) is 6.42. The lowest BCUT2D eigenvalue weighted by Crippen LogP contribution is -2.49. The van der Waals surface area contributed by atoms with Crippen LogP contribution in [0.25, 0.3) is 0 Å². The largest absolute Gasteiger partial charge is 0.390 e. The van der Waals surface area contributed by atoms with Crippen LogP contribution < -0.4 is 5.32 Å². The van der Waals surface area contributed by atoms with Gasteiger partial charge in [-0.1, -0.05) is 0 Å². The number of hydrogen-bond donors (Lipinski definition) is 2. The van der Waals surface area contributed by atoms with Crippen LogP contribution in [0, 0.1) is 0 Å². The zero-order chi connectivity index (χ0) is 11.5. The van der Waals surface area contributed by atoms with Crippen molar-refractivity contribution in [2.45, 2.75) is 51.0 Å². The molecule has 0 aromatic heterocycles. The van der Waals surface area contributed by atoms with Gasteiger partial charge in [-0.15, -0.1) is 0 Å². The molecule has 2 rings (SSSR count). The van der Waals surface area contributed by atoms with Gasteiger partial charge in [-0.3, -0.25) is 4.90 Å². The van der Waals surface area contributed by atoms with Crippen molar-refractivity contribution in [1.29, 1.82) is 0 Å². The number of nitrogens with zero attached hydrogens (tertiary/aromatic N) is 1. The topological polar surface area (TPSA) is 44.7 Å². The molecule has 94 valence electrons. The van der Waals surface area contributed by atoms with Gasteiger partial charge >= 0.3 is 0 Å². The van der Waals surface area contributed by atoms with Crippen LogP contribution in [0.3, 0.4) is 0 Å². The number of β-amino-alcohol motifs (C(OH)–C–C–N with tert-alkyl or cyclic N) is 1. The van der Waals surface area contributed by atoms with Crippen molar-refractivity contribution in [1.82, 2.24) is 10.2 Å². The zero-order valence-electron chi connectivity index (χ0n) is 10.4. The molecule has 1 heterocycles. The van der Waals surface area contributed by atoms with Crippen LogP contribution in [0.5, 0.6) is 0 Å². The van der Waals surface area contributed by atoms with Gasteiger partial charge < -0.3 is 15.2 Å². The summed E-state index contributed by atoms with van der Waals surface area (Å²) in [5, 5.41) is 13.3. The quantitative estimate of drug-likeness (QED) is 0.706. The van der Waals surface area contributed by atoms with Crippen molar-refractivity contribution in [2.75, 3.05) is 26.2 Å². The molecule has 1 aliphatic heterocycles. The number of rotatable bonds is 5. The molecule has 2 N–H and O–H groups in total. The van der Waals surface area contributed by atoms with Crippen molar-refractivity contribution in [3.8, 4) is 0 Å². The van der Waals surface area contributed by atoms with E-state index in [1.807, 2.05) is 0 Å². The van der Waals surface area contributed by atoms with E-state index in [2.05, 4.69) is 24.1 Å². The third-order valence-electron chi connectivity index (χ3n) is 3.18. The summed E-state index contributed by atoms with van der Waals surface area (Å²) in [6.45, 7) is 7.55. The maximum Gasteiger partial charge on any atom is 0.0791 e. The second-order valence-electron chi connectivity index (χ2n) is 5.31. The highest BCUT2D eigenvalue weighted by atomic mass is 16.5. The highest BCUT2D eigenvalue weighted by Gasteiger charge is 2.25. The maximum atomic E-state index is 9.91. The lowest BCUT2D eigenvalue weighted by molar-refractivity contribution is -0.0762. The van der Waals surface area contributed by atoms with E-state index in [1.54, 1.807) is 0 Å². The molecule has 0 spiro atoms. The molecule has 0 amide bonds. The molecule has 3 atom stereocenters. The average molecular weight is 228 g/mol. The molecule has 0 aromatic carbocycles. The van der Waals surface area contributed by atoms with E-state index in [0.717, 1.165) is 26.2 Å². The van der Waals surface area contributed by atoms with Crippen LogP contribution in [0.4, 0.5) is 0 Å². The van der Waals surface area contributed by atoms with E-state index in [4.69, 9.17) is 4.74 Å². The number of aliphatic hydroxyl groups excluding tert-OH is 1. The van der Waals surface area contributed by atoms with Crippen molar-refractivity contribution in [2.24, 2.45) is 0 Å². The van der Waals surface area contributed by atoms with Gasteiger partial charge in [0.2, 0.25) is 0 Å². The molecule has 1 aliphatic carbocycles. The summed E-state index contributed by atoms with van der Waals surface area (Å²) in [6.07, 6.45) is 2.87. The van der Waals surface area contributed by atoms with Gasteiger partial charge in [-0.2, -0.15) is 0 Å². The molecule has 2 aliphatic rings. The van der Waals surface area contributed by atoms with Gasteiger partial charge in [-0.25, -0.2) is 0 Å². The summed E-state index contributed by atoms with van der Waals surface area (Å²) in [6, 6.07) is 0.678. The van der Waals surface area contributed by atoms with E-state index in [1.165, 1.54) is 12.8 Å². The standard InChI is InChI=1S/C12H24N2O2/c1-9-6-14(7-10(2)16-9)8-12(15)5-13-11-3-4-11/h9-13,15H,3-8H2,1-2H3/t9-,10-,12+/m1/s1. The minimum absolute atomic E-state index is 0.252. The smallest absolute Gasteiger partial charge is 0.0791 e. The lowest BCUT2D eigenvalue weighted by Gasteiger charge is -2.36. The molecule has 0 radical (unpaired) electrons. The maximum absolute atomic E-state index is 9.91. The summed E-state index contributed by atoms with van der Waals surface area (Å²) in [5.41, 5.74) is 0. The molecule has 2 fully saturated rings. The van der Waals surface area contributed by atoms with Crippen LogP contribution in [0.1, 0.15) is 26.7 Å². The molecular weight excluding hydrogens is 204 g/mol. The highest BCUT2D eigenvalue weighted by Crippen LogP contribution is 2.18. The van der Waals surface area contributed by atoms with Gasteiger partial charge in [0.25, 0.3) is 0 Å². The number of hydrogen-bond acceptors (Lipinski definition) is 4. The number of morpholine rings is 1. The van der Waals surface area contributed by atoms with Crippen LogP contribution in [0.2, 0.25) is 0 Å². The first-order chi connectivity index (χ1) is 7.63. The van der Waals surface area contributed by atoms with Gasteiger partial charge in [0.1, 0.15) is 0 Å². The fraction of sp³-hybridized carbons (Fsp3) is 1.00. The van der Waals surface area contributed by atoms with Gasteiger partial charge in [0, 0.05) is 32.2 Å². The second-order valence-corrected chi connectivity index (χ2v) is 5.31. The molecule has 4 nitrogen and oxygen atoms in total. The van der Waals surface area contributed by atoms with E-state index >= 15 is 0 Å². The van der Waals surface area contributed by atoms with Crippen molar-refractivity contribution < 1.29 is 9.84 Å². The van der Waals surface area contributed by atoms with Crippen LogP contribution in [-0.2, 0) is 4.74 Å². The van der Waals surface area contributed by atoms with E-state index in [-0.39, 0.29) is 18.3 Å². The number of aliphatic hydroxyl groups is 1. The Bertz CT molecular complexity index is 211. The van der Waals surface area contributed by atoms with E-state index in [0.29, 0.717) is 6.04 Å². The molecular formula is C12H24N2O2. The Morgan fingerprint density at radius 1 is 1.31 bits per heavy atom.